The van der Waals surface area contributed by atoms with E-state index in [-0.39, 0.29) is 17.5 Å². The summed E-state index contributed by atoms with van der Waals surface area (Å²) in [5.74, 6) is -0.924. The van der Waals surface area contributed by atoms with Crippen molar-refractivity contribution in [3.8, 4) is 0 Å². The molecule has 1 fully saturated rings. The van der Waals surface area contributed by atoms with E-state index in [1.165, 1.54) is 12.3 Å². The normalized spacial score (nSPS) is 20.7. The van der Waals surface area contributed by atoms with E-state index in [1.54, 1.807) is 11.0 Å². The summed E-state index contributed by atoms with van der Waals surface area (Å²) in [6, 6.07) is 3.27. The first kappa shape index (κ1) is 10.1. The van der Waals surface area contributed by atoms with Crippen LogP contribution in [0, 0.1) is 5.95 Å². The van der Waals surface area contributed by atoms with Crippen molar-refractivity contribution < 1.29 is 9.18 Å². The molecule has 0 aromatic carbocycles. The van der Waals surface area contributed by atoms with Gasteiger partial charge in [0.1, 0.15) is 0 Å². The lowest BCUT2D eigenvalue weighted by Crippen LogP contribution is -2.34. The molecular formula is C11H13FN2O. The zero-order valence-electron chi connectivity index (χ0n) is 8.61. The Balaban J connectivity index is 2.24. The number of pyridine rings is 1. The van der Waals surface area contributed by atoms with Gasteiger partial charge in [0.05, 0.1) is 5.56 Å². The van der Waals surface area contributed by atoms with Crippen molar-refractivity contribution in [2.24, 2.45) is 0 Å². The van der Waals surface area contributed by atoms with Gasteiger partial charge >= 0.3 is 0 Å². The highest BCUT2D eigenvalue weighted by Gasteiger charge is 2.27. The van der Waals surface area contributed by atoms with Crippen LogP contribution in [-0.2, 0) is 0 Å². The van der Waals surface area contributed by atoms with E-state index in [9.17, 15) is 9.18 Å². The van der Waals surface area contributed by atoms with E-state index >= 15 is 0 Å². The quantitative estimate of drug-likeness (QED) is 0.660. The third-order valence-electron chi connectivity index (χ3n) is 2.80. The summed E-state index contributed by atoms with van der Waals surface area (Å²) in [5.41, 5.74) is 0.0752. The maximum Gasteiger partial charge on any atom is 0.258 e. The van der Waals surface area contributed by atoms with Crippen LogP contribution in [0.2, 0.25) is 0 Å². The number of nitrogens with zero attached hydrogens (tertiary/aromatic N) is 2. The average Bonchev–Trinajstić information content (AvgIpc) is 2.64. The lowest BCUT2D eigenvalue weighted by atomic mass is 10.2. The molecule has 2 heterocycles. The van der Waals surface area contributed by atoms with Crippen LogP contribution in [-0.4, -0.2) is 28.4 Å². The highest BCUT2D eigenvalue weighted by molar-refractivity contribution is 5.94. The topological polar surface area (TPSA) is 33.2 Å². The molecule has 0 bridgehead atoms. The molecule has 3 nitrogen and oxygen atoms in total. The van der Waals surface area contributed by atoms with Gasteiger partial charge in [-0.1, -0.05) is 0 Å². The summed E-state index contributed by atoms with van der Waals surface area (Å²) in [4.78, 5) is 17.1. The van der Waals surface area contributed by atoms with Crippen molar-refractivity contribution in [1.29, 1.82) is 0 Å². The van der Waals surface area contributed by atoms with Crippen molar-refractivity contribution in [2.45, 2.75) is 25.8 Å². The van der Waals surface area contributed by atoms with Crippen LogP contribution in [0.25, 0.3) is 0 Å². The summed E-state index contributed by atoms with van der Waals surface area (Å²) in [7, 11) is 0. The van der Waals surface area contributed by atoms with Gasteiger partial charge in [-0.05, 0) is 31.9 Å². The molecule has 1 aromatic rings. The first-order valence-corrected chi connectivity index (χ1v) is 5.11. The van der Waals surface area contributed by atoms with Crippen LogP contribution in [0.1, 0.15) is 30.1 Å². The van der Waals surface area contributed by atoms with Gasteiger partial charge in [0.2, 0.25) is 5.95 Å². The predicted octanol–water partition coefficient (Wildman–Crippen LogP) is 1.85. The third-order valence-corrected chi connectivity index (χ3v) is 2.80. The van der Waals surface area contributed by atoms with Crippen LogP contribution >= 0.6 is 0 Å². The van der Waals surface area contributed by atoms with Gasteiger partial charge in [-0.2, -0.15) is 4.39 Å². The second-order valence-corrected chi connectivity index (χ2v) is 3.83. The van der Waals surface area contributed by atoms with Gasteiger partial charge < -0.3 is 4.90 Å². The Labute approximate surface area is 87.9 Å². The molecule has 1 amide bonds. The second-order valence-electron chi connectivity index (χ2n) is 3.83. The maximum atomic E-state index is 13.3. The molecule has 0 aliphatic carbocycles. The first-order valence-electron chi connectivity index (χ1n) is 5.11. The number of amides is 1. The molecule has 1 aliphatic heterocycles. The van der Waals surface area contributed by atoms with E-state index in [1.807, 2.05) is 6.92 Å². The van der Waals surface area contributed by atoms with Crippen molar-refractivity contribution in [3.05, 3.63) is 29.8 Å². The Morgan fingerprint density at radius 1 is 1.67 bits per heavy atom. The molecule has 1 saturated heterocycles. The minimum absolute atomic E-state index is 0.0752. The molecule has 0 radical (unpaired) electrons. The minimum atomic E-state index is -0.679. The second kappa shape index (κ2) is 3.96. The summed E-state index contributed by atoms with van der Waals surface area (Å²) in [6.07, 6.45) is 3.34. The van der Waals surface area contributed by atoms with Crippen LogP contribution in [0.15, 0.2) is 18.3 Å². The van der Waals surface area contributed by atoms with Gasteiger partial charge in [0, 0.05) is 18.8 Å². The molecule has 1 aromatic heterocycles. The van der Waals surface area contributed by atoms with E-state index in [2.05, 4.69) is 4.98 Å². The molecule has 0 spiro atoms. The molecule has 2 rings (SSSR count). The van der Waals surface area contributed by atoms with E-state index in [4.69, 9.17) is 0 Å². The fourth-order valence-electron chi connectivity index (χ4n) is 1.94. The molecular weight excluding hydrogens is 195 g/mol. The largest absolute Gasteiger partial charge is 0.336 e. The van der Waals surface area contributed by atoms with E-state index in [0.29, 0.717) is 6.54 Å². The van der Waals surface area contributed by atoms with Gasteiger partial charge in [0.15, 0.2) is 0 Å². The lowest BCUT2D eigenvalue weighted by Gasteiger charge is -2.21. The zero-order valence-corrected chi connectivity index (χ0v) is 8.61. The van der Waals surface area contributed by atoms with Crippen LogP contribution < -0.4 is 0 Å². The van der Waals surface area contributed by atoms with Crippen molar-refractivity contribution in [1.82, 2.24) is 9.88 Å². The molecule has 0 N–H and O–H groups in total. The molecule has 1 unspecified atom stereocenters. The molecule has 1 atom stereocenters. The average molecular weight is 208 g/mol. The SMILES string of the molecule is CC1CCCN1C(=O)c1cccnc1F. The van der Waals surface area contributed by atoms with Crippen molar-refractivity contribution >= 4 is 5.91 Å². The summed E-state index contributed by atoms with van der Waals surface area (Å²) < 4.78 is 13.3. The number of hydrogen-bond donors (Lipinski definition) is 0. The Bertz CT molecular complexity index is 381. The number of rotatable bonds is 1. The zero-order chi connectivity index (χ0) is 10.8. The standard InChI is InChI=1S/C11H13FN2O/c1-8-4-3-7-14(8)11(15)9-5-2-6-13-10(9)12/h2,5-6,8H,3-4,7H2,1H3. The predicted molar refractivity (Wildman–Crippen MR) is 53.9 cm³/mol. The third kappa shape index (κ3) is 1.84. The number of carbonyl (C=O) groups excluding carboxylic acids is 1. The van der Waals surface area contributed by atoms with Gasteiger partial charge in [-0.3, -0.25) is 4.79 Å². The Morgan fingerprint density at radius 3 is 3.07 bits per heavy atom. The number of carbonyl (C=O) groups is 1. The minimum Gasteiger partial charge on any atom is -0.336 e. The summed E-state index contributed by atoms with van der Waals surface area (Å²) >= 11 is 0. The number of aromatic nitrogens is 1. The molecule has 0 saturated carbocycles. The molecule has 1 aliphatic rings. The van der Waals surface area contributed by atoms with Crippen LogP contribution in [0.3, 0.4) is 0 Å². The molecule has 4 heteroatoms. The Kier molecular flexibility index (Phi) is 2.66. The Hall–Kier alpha value is -1.45. The summed E-state index contributed by atoms with van der Waals surface area (Å²) in [6.45, 7) is 2.70. The van der Waals surface area contributed by atoms with E-state index < -0.39 is 5.95 Å². The molecule has 80 valence electrons. The van der Waals surface area contributed by atoms with E-state index in [0.717, 1.165) is 12.8 Å². The highest BCUT2D eigenvalue weighted by Crippen LogP contribution is 2.19. The summed E-state index contributed by atoms with van der Waals surface area (Å²) in [5, 5.41) is 0. The van der Waals surface area contributed by atoms with Gasteiger partial charge in [-0.15, -0.1) is 0 Å². The van der Waals surface area contributed by atoms with Crippen molar-refractivity contribution in [2.75, 3.05) is 6.54 Å². The maximum absolute atomic E-state index is 13.3. The van der Waals surface area contributed by atoms with Gasteiger partial charge in [0.25, 0.3) is 5.91 Å². The fraction of sp³-hybridized carbons (Fsp3) is 0.455. The lowest BCUT2D eigenvalue weighted by molar-refractivity contribution is 0.0741. The Morgan fingerprint density at radius 2 is 2.47 bits per heavy atom. The van der Waals surface area contributed by atoms with Crippen molar-refractivity contribution in [3.63, 3.8) is 0 Å². The molecule has 15 heavy (non-hydrogen) atoms. The number of likely N-dealkylation sites (tertiary alicyclic amines) is 1. The monoisotopic (exact) mass is 208 g/mol. The number of hydrogen-bond acceptors (Lipinski definition) is 2. The smallest absolute Gasteiger partial charge is 0.258 e. The van der Waals surface area contributed by atoms with Crippen LogP contribution in [0.4, 0.5) is 4.39 Å². The number of halogens is 1. The highest BCUT2D eigenvalue weighted by atomic mass is 19.1. The first-order chi connectivity index (χ1) is 7.20. The van der Waals surface area contributed by atoms with Gasteiger partial charge in [-0.25, -0.2) is 4.98 Å². The fourth-order valence-corrected chi connectivity index (χ4v) is 1.94. The van der Waals surface area contributed by atoms with Crippen LogP contribution in [0.5, 0.6) is 0 Å².